The van der Waals surface area contributed by atoms with E-state index in [1.54, 1.807) is 14.2 Å². The third kappa shape index (κ3) is 4.45. The minimum Gasteiger partial charge on any atom is -0.385 e. The molecular formula is C13H20O2. The van der Waals surface area contributed by atoms with E-state index in [-0.39, 0.29) is 0 Å². The van der Waals surface area contributed by atoms with Gasteiger partial charge in [-0.3, -0.25) is 0 Å². The lowest BCUT2D eigenvalue weighted by atomic mass is 10.0. The van der Waals surface area contributed by atoms with E-state index in [2.05, 4.69) is 24.3 Å². The van der Waals surface area contributed by atoms with E-state index in [0.29, 0.717) is 0 Å². The van der Waals surface area contributed by atoms with Crippen LogP contribution < -0.4 is 0 Å². The fraction of sp³-hybridized carbons (Fsp3) is 0.538. The second-order valence-corrected chi connectivity index (χ2v) is 3.61. The third-order valence-corrected chi connectivity index (χ3v) is 2.49. The summed E-state index contributed by atoms with van der Waals surface area (Å²) in [6, 6.07) is 8.56. The second-order valence-electron chi connectivity index (χ2n) is 3.61. The maximum Gasteiger partial charge on any atom is 0.0502 e. The van der Waals surface area contributed by atoms with Crippen LogP contribution in [0.15, 0.2) is 24.3 Å². The van der Waals surface area contributed by atoms with Gasteiger partial charge in [-0.25, -0.2) is 0 Å². The van der Waals surface area contributed by atoms with Gasteiger partial charge in [-0.1, -0.05) is 24.3 Å². The molecule has 0 bridgehead atoms. The van der Waals surface area contributed by atoms with Crippen LogP contribution in [0.4, 0.5) is 0 Å². The predicted octanol–water partition coefficient (Wildman–Crippen LogP) is 2.45. The van der Waals surface area contributed by atoms with Crippen molar-refractivity contribution in [2.45, 2.75) is 19.3 Å². The lowest BCUT2D eigenvalue weighted by Crippen LogP contribution is -2.01. The largest absolute Gasteiger partial charge is 0.385 e. The molecule has 0 aliphatic carbocycles. The van der Waals surface area contributed by atoms with Crippen molar-refractivity contribution in [1.82, 2.24) is 0 Å². The van der Waals surface area contributed by atoms with E-state index in [9.17, 15) is 0 Å². The molecule has 0 aliphatic rings. The Morgan fingerprint density at radius 2 is 1.47 bits per heavy atom. The molecule has 0 amide bonds. The molecule has 0 saturated heterocycles. The Kier molecular flexibility index (Phi) is 6.05. The SMILES string of the molecule is COCCCc1ccccc1CCOC. The summed E-state index contributed by atoms with van der Waals surface area (Å²) in [6.45, 7) is 1.62. The molecule has 84 valence electrons. The van der Waals surface area contributed by atoms with Gasteiger partial charge in [-0.15, -0.1) is 0 Å². The fourth-order valence-corrected chi connectivity index (χ4v) is 1.66. The lowest BCUT2D eigenvalue weighted by molar-refractivity contribution is 0.194. The molecule has 0 fully saturated rings. The molecule has 1 aromatic carbocycles. The Labute approximate surface area is 92.2 Å². The second kappa shape index (κ2) is 7.43. The highest BCUT2D eigenvalue weighted by Crippen LogP contribution is 2.11. The van der Waals surface area contributed by atoms with Crippen LogP contribution in [-0.4, -0.2) is 27.4 Å². The smallest absolute Gasteiger partial charge is 0.0502 e. The van der Waals surface area contributed by atoms with Crippen molar-refractivity contribution >= 4 is 0 Å². The molecule has 1 aromatic rings. The first kappa shape index (κ1) is 12.2. The molecule has 0 N–H and O–H groups in total. The van der Waals surface area contributed by atoms with Crippen molar-refractivity contribution < 1.29 is 9.47 Å². The molecule has 0 spiro atoms. The highest BCUT2D eigenvalue weighted by atomic mass is 16.5. The van der Waals surface area contributed by atoms with E-state index in [4.69, 9.17) is 9.47 Å². The molecule has 0 heterocycles. The summed E-state index contributed by atoms with van der Waals surface area (Å²) in [5.41, 5.74) is 2.82. The zero-order chi connectivity index (χ0) is 10.9. The van der Waals surface area contributed by atoms with E-state index >= 15 is 0 Å². The van der Waals surface area contributed by atoms with E-state index in [1.165, 1.54) is 11.1 Å². The average molecular weight is 208 g/mol. The van der Waals surface area contributed by atoms with Gasteiger partial charge in [0.15, 0.2) is 0 Å². The van der Waals surface area contributed by atoms with Gasteiger partial charge < -0.3 is 9.47 Å². The molecule has 0 saturated carbocycles. The molecule has 15 heavy (non-hydrogen) atoms. The molecule has 0 atom stereocenters. The number of hydrogen-bond acceptors (Lipinski definition) is 2. The first-order valence-electron chi connectivity index (χ1n) is 5.43. The zero-order valence-electron chi connectivity index (χ0n) is 9.66. The monoisotopic (exact) mass is 208 g/mol. The van der Waals surface area contributed by atoms with Crippen molar-refractivity contribution in [1.29, 1.82) is 0 Å². The minimum atomic E-state index is 0.793. The molecule has 2 heteroatoms. The lowest BCUT2D eigenvalue weighted by Gasteiger charge is -2.08. The molecule has 0 aliphatic heterocycles. The summed E-state index contributed by atoms with van der Waals surface area (Å²) in [7, 11) is 3.49. The minimum absolute atomic E-state index is 0.793. The summed E-state index contributed by atoms with van der Waals surface area (Å²) in [5.74, 6) is 0. The Morgan fingerprint density at radius 1 is 0.867 bits per heavy atom. The molecule has 0 aromatic heterocycles. The van der Waals surface area contributed by atoms with Crippen molar-refractivity contribution in [3.8, 4) is 0 Å². The Balaban J connectivity index is 2.52. The van der Waals surface area contributed by atoms with Crippen molar-refractivity contribution in [3.63, 3.8) is 0 Å². The Bertz CT molecular complexity index is 271. The van der Waals surface area contributed by atoms with Crippen molar-refractivity contribution in [3.05, 3.63) is 35.4 Å². The molecule has 1 rings (SSSR count). The first-order valence-corrected chi connectivity index (χ1v) is 5.43. The summed E-state index contributed by atoms with van der Waals surface area (Å²) in [4.78, 5) is 0. The number of ether oxygens (including phenoxy) is 2. The summed E-state index contributed by atoms with van der Waals surface area (Å²) < 4.78 is 10.2. The Morgan fingerprint density at radius 3 is 2.07 bits per heavy atom. The summed E-state index contributed by atoms with van der Waals surface area (Å²) >= 11 is 0. The molecule has 0 unspecified atom stereocenters. The Hall–Kier alpha value is -0.860. The zero-order valence-corrected chi connectivity index (χ0v) is 9.66. The third-order valence-electron chi connectivity index (χ3n) is 2.49. The summed E-state index contributed by atoms with van der Waals surface area (Å²) in [6.07, 6.45) is 3.17. The van der Waals surface area contributed by atoms with E-state index in [0.717, 1.165) is 32.5 Å². The van der Waals surface area contributed by atoms with Gasteiger partial charge in [-0.05, 0) is 30.4 Å². The number of aryl methyl sites for hydroxylation is 1. The topological polar surface area (TPSA) is 18.5 Å². The van der Waals surface area contributed by atoms with Gasteiger partial charge in [0.05, 0.1) is 6.61 Å². The molecule has 0 radical (unpaired) electrons. The number of benzene rings is 1. The average Bonchev–Trinajstić information content (AvgIpc) is 2.28. The van der Waals surface area contributed by atoms with Crippen LogP contribution in [0.2, 0.25) is 0 Å². The summed E-state index contributed by atoms with van der Waals surface area (Å²) in [5, 5.41) is 0. The first-order chi connectivity index (χ1) is 7.38. The van der Waals surface area contributed by atoms with E-state index in [1.807, 2.05) is 0 Å². The van der Waals surface area contributed by atoms with Crippen LogP contribution >= 0.6 is 0 Å². The fourth-order valence-electron chi connectivity index (χ4n) is 1.66. The van der Waals surface area contributed by atoms with Gasteiger partial charge in [0.1, 0.15) is 0 Å². The highest BCUT2D eigenvalue weighted by Gasteiger charge is 2.00. The van der Waals surface area contributed by atoms with Crippen molar-refractivity contribution in [2.24, 2.45) is 0 Å². The normalized spacial score (nSPS) is 10.5. The van der Waals surface area contributed by atoms with Gasteiger partial charge in [0.25, 0.3) is 0 Å². The van der Waals surface area contributed by atoms with Gasteiger partial charge >= 0.3 is 0 Å². The highest BCUT2D eigenvalue weighted by molar-refractivity contribution is 5.27. The predicted molar refractivity (Wildman–Crippen MR) is 62.2 cm³/mol. The quantitative estimate of drug-likeness (QED) is 0.641. The molecular weight excluding hydrogens is 188 g/mol. The number of methoxy groups -OCH3 is 2. The van der Waals surface area contributed by atoms with Crippen LogP contribution in [0, 0.1) is 0 Å². The maximum atomic E-state index is 5.10. The molecule has 2 nitrogen and oxygen atoms in total. The van der Waals surface area contributed by atoms with Crippen LogP contribution in [0.25, 0.3) is 0 Å². The van der Waals surface area contributed by atoms with E-state index < -0.39 is 0 Å². The van der Waals surface area contributed by atoms with Crippen LogP contribution in [0.5, 0.6) is 0 Å². The number of hydrogen-bond donors (Lipinski definition) is 0. The van der Waals surface area contributed by atoms with Crippen molar-refractivity contribution in [2.75, 3.05) is 27.4 Å². The maximum absolute atomic E-state index is 5.10. The standard InChI is InChI=1S/C13H20O2/c1-14-10-5-8-12-6-3-4-7-13(12)9-11-15-2/h3-4,6-7H,5,8-11H2,1-2H3. The number of rotatable bonds is 7. The van der Waals surface area contributed by atoms with Crippen LogP contribution in [0.1, 0.15) is 17.5 Å². The van der Waals surface area contributed by atoms with Crippen LogP contribution in [0.3, 0.4) is 0 Å². The van der Waals surface area contributed by atoms with Gasteiger partial charge in [-0.2, -0.15) is 0 Å². The van der Waals surface area contributed by atoms with Gasteiger partial charge in [0, 0.05) is 20.8 Å². The van der Waals surface area contributed by atoms with Gasteiger partial charge in [0.2, 0.25) is 0 Å². The van der Waals surface area contributed by atoms with Crippen LogP contribution in [-0.2, 0) is 22.3 Å².